The molecule has 0 spiro atoms. The number of halogens is 2. The van der Waals surface area contributed by atoms with Crippen LogP contribution >= 0.6 is 17.0 Å². The van der Waals surface area contributed by atoms with Crippen molar-refractivity contribution in [3.8, 4) is 44.5 Å². The first-order chi connectivity index (χ1) is 30.6. The van der Waals surface area contributed by atoms with Gasteiger partial charge in [0, 0.05) is 9.52 Å². The third-order valence-electron chi connectivity index (χ3n) is 10.7. The Balaban J connectivity index is 0.000000166. The summed E-state index contributed by atoms with van der Waals surface area (Å²) in [6.07, 6.45) is 1.91. The van der Waals surface area contributed by atoms with Crippen molar-refractivity contribution in [2.24, 2.45) is 0 Å². The van der Waals surface area contributed by atoms with Gasteiger partial charge in [-0.15, -0.1) is 44.8 Å². The molecule has 0 atom stereocenters. The number of hydrogen-bond acceptors (Lipinski definition) is 0. The molecule has 10 aromatic carbocycles. The Labute approximate surface area is 389 Å². The molecule has 10 aromatic rings. The van der Waals surface area contributed by atoms with Crippen molar-refractivity contribution >= 4 is 48.1 Å². The molecule has 0 aliphatic carbocycles. The molecule has 0 saturated carbocycles. The third-order valence-corrected chi connectivity index (χ3v) is 10.7. The van der Waals surface area contributed by atoms with E-state index in [1.54, 1.807) is 0 Å². The molecule has 302 valence electrons. The molecule has 0 aliphatic rings. The van der Waals surface area contributed by atoms with Crippen molar-refractivity contribution in [1.29, 1.82) is 0 Å². The van der Waals surface area contributed by atoms with E-state index in [2.05, 4.69) is 244 Å². The van der Waals surface area contributed by atoms with E-state index in [-0.39, 0.29) is 0 Å². The Bertz CT molecular complexity index is 2500. The molecule has 0 amide bonds. The molecule has 0 aliphatic heterocycles. The van der Waals surface area contributed by atoms with Gasteiger partial charge in [0.15, 0.2) is 0 Å². The molecule has 0 N–H and O–H groups in total. The largest absolute Gasteiger partial charge is 0.164 e. The van der Waals surface area contributed by atoms with Crippen LogP contribution in [0.3, 0.4) is 0 Å². The summed E-state index contributed by atoms with van der Waals surface area (Å²) in [6.45, 7) is 4.31. The van der Waals surface area contributed by atoms with E-state index in [9.17, 15) is 0 Å². The molecule has 0 nitrogen and oxygen atoms in total. The minimum Gasteiger partial charge on any atom is -0.164 e. The Morgan fingerprint density at radius 3 is 0.903 bits per heavy atom. The van der Waals surface area contributed by atoms with Gasteiger partial charge in [-0.2, -0.15) is 12.1 Å². The zero-order valence-corrected chi connectivity index (χ0v) is 40.1. The summed E-state index contributed by atoms with van der Waals surface area (Å²) in [6, 6.07) is 82.7. The van der Waals surface area contributed by atoms with Crippen LogP contribution in [0.25, 0.3) is 66.1 Å². The van der Waals surface area contributed by atoms with Crippen LogP contribution in [-0.2, 0) is 33.7 Å². The van der Waals surface area contributed by atoms with Crippen molar-refractivity contribution < 1.29 is 20.8 Å². The standard InChI is InChI=1S/2C28H21.C2H6Si.2ClH.Zr/c2*1-4-10-21(11-5-1)18-22-19-27-25(23-12-6-2-7-13-23)16-17-26(28(27)20-22)24-14-8-3-9-15-24;1-3-2;;;/h2*1-17,19-20H,18H2;1-2H3;2*1H;/q2*-1;;;;+4/p-2. The molecule has 0 unspecified atom stereocenters. The van der Waals surface area contributed by atoms with E-state index in [4.69, 9.17) is 17.0 Å². The zero-order valence-electron chi connectivity index (χ0n) is 35.1. The van der Waals surface area contributed by atoms with Gasteiger partial charge in [-0.05, 0) is 35.1 Å². The minimum absolute atomic E-state index is 0.826. The van der Waals surface area contributed by atoms with Crippen LogP contribution in [0.2, 0.25) is 13.1 Å². The third kappa shape index (κ3) is 11.6. The fourth-order valence-corrected chi connectivity index (χ4v) is 8.06. The van der Waals surface area contributed by atoms with Crippen LogP contribution < -0.4 is 0 Å². The van der Waals surface area contributed by atoms with Gasteiger partial charge < -0.3 is 0 Å². The van der Waals surface area contributed by atoms with Gasteiger partial charge in [0.05, 0.1) is 0 Å². The molecule has 0 fully saturated rings. The van der Waals surface area contributed by atoms with Gasteiger partial charge >= 0.3 is 37.9 Å². The van der Waals surface area contributed by atoms with Crippen LogP contribution in [0.15, 0.2) is 231 Å². The van der Waals surface area contributed by atoms with Crippen LogP contribution in [0.5, 0.6) is 0 Å². The first kappa shape index (κ1) is 44.7. The van der Waals surface area contributed by atoms with Crippen molar-refractivity contribution in [2.45, 2.75) is 25.9 Å². The van der Waals surface area contributed by atoms with Crippen molar-refractivity contribution in [3.63, 3.8) is 0 Å². The summed E-state index contributed by atoms with van der Waals surface area (Å²) in [5.41, 5.74) is 15.7. The molecule has 0 saturated heterocycles. The summed E-state index contributed by atoms with van der Waals surface area (Å²) < 4.78 is 0. The minimum atomic E-state index is -0.826. The normalized spacial score (nSPS) is 10.4. The van der Waals surface area contributed by atoms with Gasteiger partial charge in [-0.1, -0.05) is 253 Å². The molecule has 0 aromatic heterocycles. The van der Waals surface area contributed by atoms with Crippen molar-refractivity contribution in [1.82, 2.24) is 0 Å². The molecule has 0 heterocycles. The van der Waals surface area contributed by atoms with Crippen LogP contribution in [-0.4, -0.2) is 9.52 Å². The number of hydrogen-bond donors (Lipinski definition) is 0. The van der Waals surface area contributed by atoms with Gasteiger partial charge in [0.25, 0.3) is 0 Å². The molecular formula is C58H48Cl2SiZr. The summed E-state index contributed by atoms with van der Waals surface area (Å²) in [5.74, 6) is 0. The van der Waals surface area contributed by atoms with Gasteiger partial charge in [0.1, 0.15) is 0 Å². The predicted octanol–water partition coefficient (Wildman–Crippen LogP) is 17.1. The van der Waals surface area contributed by atoms with Crippen molar-refractivity contribution in [2.75, 3.05) is 0 Å². The molecule has 2 radical (unpaired) electrons. The smallest absolute Gasteiger partial charge is 0.0204 e. The maximum Gasteiger partial charge on any atom is -0.0204 e. The quantitative estimate of drug-likeness (QED) is 0.105. The van der Waals surface area contributed by atoms with Crippen LogP contribution in [0, 0.1) is 0 Å². The maximum absolute atomic E-state index is 4.93. The monoisotopic (exact) mass is 932 g/mol. The van der Waals surface area contributed by atoms with Gasteiger partial charge in [-0.25, -0.2) is 0 Å². The first-order valence-corrected chi connectivity index (χ1v) is 29.2. The van der Waals surface area contributed by atoms with E-state index >= 15 is 0 Å². The second-order valence-corrected chi connectivity index (χ2v) is 19.8. The van der Waals surface area contributed by atoms with Crippen molar-refractivity contribution in [3.05, 3.63) is 253 Å². The summed E-state index contributed by atoms with van der Waals surface area (Å²) in [4.78, 5) is 0. The molecule has 0 bridgehead atoms. The fraction of sp³-hybridized carbons (Fsp3) is 0.0690. The Morgan fingerprint density at radius 1 is 0.371 bits per heavy atom. The maximum atomic E-state index is 4.93. The average Bonchev–Trinajstić information content (AvgIpc) is 3.95. The number of benzene rings is 8. The van der Waals surface area contributed by atoms with Gasteiger partial charge in [-0.3, -0.25) is 0 Å². The zero-order chi connectivity index (χ0) is 42.9. The second kappa shape index (κ2) is 23.2. The van der Waals surface area contributed by atoms with Crippen LogP contribution in [0.4, 0.5) is 0 Å². The predicted molar refractivity (Wildman–Crippen MR) is 269 cm³/mol. The summed E-state index contributed by atoms with van der Waals surface area (Å²) >= 11 is -0.826. The molecule has 4 heteroatoms. The number of rotatable bonds is 8. The van der Waals surface area contributed by atoms with E-state index < -0.39 is 20.8 Å². The summed E-state index contributed by atoms with van der Waals surface area (Å²) in [7, 11) is 11.0. The Kier molecular flexibility index (Phi) is 16.7. The second-order valence-electron chi connectivity index (χ2n) is 15.1. The van der Waals surface area contributed by atoms with E-state index in [1.807, 2.05) is 0 Å². The number of fused-ring (bicyclic) bond motifs is 2. The average molecular weight is 935 g/mol. The topological polar surface area (TPSA) is 0 Å². The molecular weight excluding hydrogens is 887 g/mol. The molecule has 62 heavy (non-hydrogen) atoms. The first-order valence-electron chi connectivity index (χ1n) is 20.9. The Hall–Kier alpha value is -5.34. The van der Waals surface area contributed by atoms with E-state index in [0.29, 0.717) is 0 Å². The van der Waals surface area contributed by atoms with Crippen LogP contribution in [0.1, 0.15) is 22.3 Å². The molecule has 10 rings (SSSR count). The summed E-state index contributed by atoms with van der Waals surface area (Å²) in [5, 5.41) is 5.33. The van der Waals surface area contributed by atoms with E-state index in [0.717, 1.165) is 22.4 Å². The van der Waals surface area contributed by atoms with E-state index in [1.165, 1.54) is 88.3 Å². The Morgan fingerprint density at radius 2 is 0.613 bits per heavy atom. The SMILES string of the molecule is C[Si]C.[Cl][Zr+2][Cl].c1ccc(Cc2cc3c(-c4ccccc4)ccc(-c4ccccc4)c3[cH-]2)cc1.c1ccc(Cc2cc3c(-c4ccccc4)ccc(-c4ccccc4)c3[cH-]2)cc1. The van der Waals surface area contributed by atoms with Gasteiger partial charge in [0.2, 0.25) is 0 Å². The fourth-order valence-electron chi connectivity index (χ4n) is 8.06.